The van der Waals surface area contributed by atoms with Crippen molar-refractivity contribution in [3.63, 3.8) is 0 Å². The highest BCUT2D eigenvalue weighted by Crippen LogP contribution is 2.30. The molecule has 2 rings (SSSR count). The number of anilines is 1. The highest BCUT2D eigenvalue weighted by Gasteiger charge is 2.31. The van der Waals surface area contributed by atoms with Crippen LogP contribution in [0.1, 0.15) is 23.2 Å². The molecule has 19 heavy (non-hydrogen) atoms. The van der Waals surface area contributed by atoms with E-state index in [-0.39, 0.29) is 29.2 Å². The van der Waals surface area contributed by atoms with Gasteiger partial charge in [-0.2, -0.15) is 0 Å². The summed E-state index contributed by atoms with van der Waals surface area (Å²) in [7, 11) is 1.61. The molecule has 0 radical (unpaired) electrons. The quantitative estimate of drug-likeness (QED) is 0.609. The maximum atomic E-state index is 10.9. The van der Waals surface area contributed by atoms with Crippen molar-refractivity contribution in [1.82, 2.24) is 4.98 Å². The van der Waals surface area contributed by atoms with Gasteiger partial charge in [-0.3, -0.25) is 10.1 Å². The van der Waals surface area contributed by atoms with E-state index in [0.717, 1.165) is 25.1 Å². The molecule has 102 valence electrons. The first-order chi connectivity index (χ1) is 9.01. The Hall–Kier alpha value is -2.22. The van der Waals surface area contributed by atoms with Crippen LogP contribution in [0.4, 0.5) is 11.5 Å². The Labute approximate surface area is 108 Å². The van der Waals surface area contributed by atoms with Crippen LogP contribution in [0.15, 0.2) is 12.3 Å². The number of rotatable bonds is 5. The van der Waals surface area contributed by atoms with Gasteiger partial charge < -0.3 is 15.2 Å². The van der Waals surface area contributed by atoms with Crippen molar-refractivity contribution in [3.05, 3.63) is 27.9 Å². The summed E-state index contributed by atoms with van der Waals surface area (Å²) in [6, 6.07) is 1.07. The van der Waals surface area contributed by atoms with E-state index in [1.54, 1.807) is 7.11 Å². The molecule has 2 N–H and O–H groups in total. The molecule has 8 heteroatoms. The summed E-state index contributed by atoms with van der Waals surface area (Å²) in [6.45, 7) is 0. The lowest BCUT2D eigenvalue weighted by Gasteiger charge is -2.34. The summed E-state index contributed by atoms with van der Waals surface area (Å²) in [4.78, 5) is 24.8. The number of nitro groups is 1. The molecule has 1 aromatic rings. The molecule has 0 atom stereocenters. The lowest BCUT2D eigenvalue weighted by molar-refractivity contribution is -0.384. The first kappa shape index (κ1) is 13.2. The van der Waals surface area contributed by atoms with Gasteiger partial charge in [0, 0.05) is 25.4 Å². The molecule has 1 heterocycles. The Balaban J connectivity index is 2.16. The number of hydrogen-bond donors (Lipinski definition) is 2. The predicted molar refractivity (Wildman–Crippen MR) is 65.3 cm³/mol. The fourth-order valence-corrected chi connectivity index (χ4v) is 1.89. The van der Waals surface area contributed by atoms with Gasteiger partial charge in [-0.25, -0.2) is 9.78 Å². The van der Waals surface area contributed by atoms with E-state index in [9.17, 15) is 14.9 Å². The molecular weight excluding hydrogens is 254 g/mol. The first-order valence-electron chi connectivity index (χ1n) is 5.68. The number of aromatic nitrogens is 1. The van der Waals surface area contributed by atoms with E-state index in [0.29, 0.717) is 0 Å². The van der Waals surface area contributed by atoms with Crippen LogP contribution in [0.2, 0.25) is 0 Å². The third-order valence-electron chi connectivity index (χ3n) is 3.08. The summed E-state index contributed by atoms with van der Waals surface area (Å²) < 4.78 is 5.11. The van der Waals surface area contributed by atoms with E-state index in [1.807, 2.05) is 0 Å². The standard InChI is InChI=1S/C11H13N3O5/c1-19-8-3-7(4-8)13-10-9(14(17)18)2-6(5-12-10)11(15)16/h2,5,7-8H,3-4H2,1H3,(H,12,13)(H,15,16). The highest BCUT2D eigenvalue weighted by atomic mass is 16.6. The summed E-state index contributed by atoms with van der Waals surface area (Å²) >= 11 is 0. The lowest BCUT2D eigenvalue weighted by Crippen LogP contribution is -2.40. The molecule has 0 bridgehead atoms. The largest absolute Gasteiger partial charge is 0.478 e. The zero-order valence-corrected chi connectivity index (χ0v) is 10.2. The van der Waals surface area contributed by atoms with E-state index in [4.69, 9.17) is 9.84 Å². The maximum absolute atomic E-state index is 10.9. The van der Waals surface area contributed by atoms with Crippen LogP contribution in [-0.4, -0.2) is 40.2 Å². The number of pyridine rings is 1. The molecule has 1 aromatic heterocycles. The molecule has 1 aliphatic carbocycles. The second-order valence-corrected chi connectivity index (χ2v) is 4.32. The fraction of sp³-hybridized carbons (Fsp3) is 0.455. The molecule has 8 nitrogen and oxygen atoms in total. The average molecular weight is 267 g/mol. The van der Waals surface area contributed by atoms with E-state index >= 15 is 0 Å². The van der Waals surface area contributed by atoms with Crippen LogP contribution in [0, 0.1) is 10.1 Å². The van der Waals surface area contributed by atoms with Crippen molar-refractivity contribution >= 4 is 17.5 Å². The molecule has 0 aromatic carbocycles. The molecule has 0 aliphatic heterocycles. The van der Waals surface area contributed by atoms with Crippen LogP contribution < -0.4 is 5.32 Å². The molecule has 0 saturated heterocycles. The van der Waals surface area contributed by atoms with Crippen molar-refractivity contribution in [3.8, 4) is 0 Å². The van der Waals surface area contributed by atoms with E-state index in [2.05, 4.69) is 10.3 Å². The summed E-state index contributed by atoms with van der Waals surface area (Å²) in [6.07, 6.45) is 2.76. The van der Waals surface area contributed by atoms with Gasteiger partial charge in [-0.05, 0) is 12.8 Å². The zero-order chi connectivity index (χ0) is 14.0. The number of nitrogens with one attached hydrogen (secondary N) is 1. The Bertz CT molecular complexity index is 513. The van der Waals surface area contributed by atoms with Gasteiger partial charge in [-0.15, -0.1) is 0 Å². The molecule has 0 spiro atoms. The fourth-order valence-electron chi connectivity index (χ4n) is 1.89. The topological polar surface area (TPSA) is 115 Å². The molecule has 1 saturated carbocycles. The minimum absolute atomic E-state index is 0.0619. The molecular formula is C11H13N3O5. The Morgan fingerprint density at radius 3 is 2.84 bits per heavy atom. The molecule has 0 amide bonds. The monoisotopic (exact) mass is 267 g/mol. The van der Waals surface area contributed by atoms with Gasteiger partial charge in [0.1, 0.15) is 0 Å². The summed E-state index contributed by atoms with van der Waals surface area (Å²) in [5.74, 6) is -1.15. The first-order valence-corrected chi connectivity index (χ1v) is 5.68. The molecule has 0 unspecified atom stereocenters. The average Bonchev–Trinajstić information content (AvgIpc) is 2.32. The normalized spacial score (nSPS) is 21.5. The Kier molecular flexibility index (Phi) is 3.61. The third kappa shape index (κ3) is 2.79. The highest BCUT2D eigenvalue weighted by molar-refractivity contribution is 5.88. The predicted octanol–water partition coefficient (Wildman–Crippen LogP) is 1.28. The zero-order valence-electron chi connectivity index (χ0n) is 10.2. The smallest absolute Gasteiger partial charge is 0.337 e. The van der Waals surface area contributed by atoms with Crippen LogP contribution >= 0.6 is 0 Å². The number of nitrogens with zero attached hydrogens (tertiary/aromatic N) is 2. The van der Waals surface area contributed by atoms with Crippen molar-refractivity contribution in [2.45, 2.75) is 25.0 Å². The summed E-state index contributed by atoms with van der Waals surface area (Å²) in [5, 5.41) is 22.6. The minimum Gasteiger partial charge on any atom is -0.478 e. The molecule has 1 fully saturated rings. The number of carbonyl (C=O) groups is 1. The van der Waals surface area contributed by atoms with Crippen LogP contribution in [0.5, 0.6) is 0 Å². The van der Waals surface area contributed by atoms with Crippen LogP contribution in [-0.2, 0) is 4.74 Å². The summed E-state index contributed by atoms with van der Waals surface area (Å²) in [5.41, 5.74) is -0.540. The number of ether oxygens (including phenoxy) is 1. The second-order valence-electron chi connectivity index (χ2n) is 4.32. The molecule has 1 aliphatic rings. The lowest BCUT2D eigenvalue weighted by atomic mass is 9.89. The van der Waals surface area contributed by atoms with E-state index in [1.165, 1.54) is 0 Å². The van der Waals surface area contributed by atoms with Gasteiger partial charge in [0.25, 0.3) is 0 Å². The van der Waals surface area contributed by atoms with E-state index < -0.39 is 10.9 Å². The van der Waals surface area contributed by atoms with Crippen LogP contribution in [0.25, 0.3) is 0 Å². The number of carboxylic acids is 1. The minimum atomic E-state index is -1.25. The number of aromatic carboxylic acids is 1. The maximum Gasteiger partial charge on any atom is 0.337 e. The van der Waals surface area contributed by atoms with Crippen molar-refractivity contribution in [2.75, 3.05) is 12.4 Å². The Morgan fingerprint density at radius 2 is 2.32 bits per heavy atom. The van der Waals surface area contributed by atoms with Gasteiger partial charge in [0.2, 0.25) is 5.82 Å². The van der Waals surface area contributed by atoms with Crippen LogP contribution in [0.3, 0.4) is 0 Å². The number of carboxylic acid groups (broad SMARTS) is 1. The van der Waals surface area contributed by atoms with Crippen molar-refractivity contribution < 1.29 is 19.6 Å². The third-order valence-corrected chi connectivity index (χ3v) is 3.08. The number of hydrogen-bond acceptors (Lipinski definition) is 6. The van der Waals surface area contributed by atoms with Gasteiger partial charge in [0.05, 0.1) is 16.6 Å². The van der Waals surface area contributed by atoms with Gasteiger partial charge in [-0.1, -0.05) is 0 Å². The van der Waals surface area contributed by atoms with Crippen molar-refractivity contribution in [2.24, 2.45) is 0 Å². The second kappa shape index (κ2) is 5.19. The van der Waals surface area contributed by atoms with Gasteiger partial charge >= 0.3 is 11.7 Å². The Morgan fingerprint density at radius 1 is 1.63 bits per heavy atom. The van der Waals surface area contributed by atoms with Gasteiger partial charge in [0.15, 0.2) is 0 Å². The SMILES string of the molecule is COC1CC(Nc2ncc(C(=O)O)cc2[N+](=O)[O-])C1. The number of methoxy groups -OCH3 is 1. The van der Waals surface area contributed by atoms with Crippen molar-refractivity contribution in [1.29, 1.82) is 0 Å².